The first-order chi connectivity index (χ1) is 12.7. The van der Waals surface area contributed by atoms with Crippen LogP contribution in [0.5, 0.6) is 0 Å². The molecule has 1 aliphatic rings. The molecular formula is C21H34O6. The number of hydrogen-bond acceptors (Lipinski definition) is 6. The lowest BCUT2D eigenvalue weighted by Gasteiger charge is -2.23. The zero-order chi connectivity index (χ0) is 20.6. The lowest BCUT2D eigenvalue weighted by Crippen LogP contribution is -2.31. The van der Waals surface area contributed by atoms with E-state index in [-0.39, 0.29) is 54.3 Å². The highest BCUT2D eigenvalue weighted by molar-refractivity contribution is 6.19. The molecule has 0 spiro atoms. The van der Waals surface area contributed by atoms with Gasteiger partial charge in [-0.05, 0) is 31.6 Å². The fourth-order valence-corrected chi connectivity index (χ4v) is 3.10. The van der Waals surface area contributed by atoms with Gasteiger partial charge in [-0.1, -0.05) is 39.3 Å². The van der Waals surface area contributed by atoms with Crippen molar-refractivity contribution in [3.05, 3.63) is 23.5 Å². The van der Waals surface area contributed by atoms with Crippen LogP contribution in [0.25, 0.3) is 0 Å². The summed E-state index contributed by atoms with van der Waals surface area (Å²) in [5.41, 5.74) is -0.215. The van der Waals surface area contributed by atoms with Gasteiger partial charge in [0.15, 0.2) is 5.78 Å². The predicted octanol–water partition coefficient (Wildman–Crippen LogP) is 3.08. The molecule has 6 heteroatoms. The second-order valence-electron chi connectivity index (χ2n) is 7.70. The molecule has 1 saturated heterocycles. The van der Waals surface area contributed by atoms with Crippen LogP contribution in [0.4, 0.5) is 0 Å². The molecule has 154 valence electrons. The number of rotatable bonds is 10. The molecule has 5 atom stereocenters. The maximum atomic E-state index is 11.9. The highest BCUT2D eigenvalue weighted by atomic mass is 16.5. The maximum absolute atomic E-state index is 11.9. The van der Waals surface area contributed by atoms with Crippen molar-refractivity contribution in [3.8, 4) is 0 Å². The summed E-state index contributed by atoms with van der Waals surface area (Å²) < 4.78 is 5.02. The zero-order valence-corrected chi connectivity index (χ0v) is 16.9. The summed E-state index contributed by atoms with van der Waals surface area (Å²) in [5.74, 6) is -1.28. The molecule has 0 unspecified atom stereocenters. The van der Waals surface area contributed by atoms with E-state index in [2.05, 4.69) is 0 Å². The average molecular weight is 382 g/mol. The lowest BCUT2D eigenvalue weighted by molar-refractivity contribution is -0.150. The fourth-order valence-electron chi connectivity index (χ4n) is 3.10. The van der Waals surface area contributed by atoms with Crippen LogP contribution in [0.15, 0.2) is 23.5 Å². The Balaban J connectivity index is 2.55. The Bertz CT molecular complexity index is 545. The van der Waals surface area contributed by atoms with E-state index in [4.69, 9.17) is 4.74 Å². The number of ketones is 1. The van der Waals surface area contributed by atoms with Gasteiger partial charge in [0.05, 0.1) is 12.7 Å². The summed E-state index contributed by atoms with van der Waals surface area (Å²) >= 11 is 0. The molecule has 1 fully saturated rings. The number of Topliss-reactive ketones (excluding diaryl/α,β-unsaturated/α-hetero) is 1. The Morgan fingerprint density at radius 1 is 1.33 bits per heavy atom. The minimum atomic E-state index is -0.742. The number of aliphatic hydroxyl groups excluding tert-OH is 3. The Hall–Kier alpha value is -1.66. The Labute approximate surface area is 161 Å². The number of esters is 1. The van der Waals surface area contributed by atoms with Crippen molar-refractivity contribution in [2.24, 2.45) is 17.8 Å². The highest BCUT2D eigenvalue weighted by Gasteiger charge is 2.32. The third kappa shape index (κ3) is 7.11. The molecule has 27 heavy (non-hydrogen) atoms. The van der Waals surface area contributed by atoms with E-state index in [1.54, 1.807) is 6.92 Å². The molecular weight excluding hydrogens is 348 g/mol. The number of ether oxygens (including phenoxy) is 1. The summed E-state index contributed by atoms with van der Waals surface area (Å²) in [7, 11) is 0. The molecule has 0 aromatic carbocycles. The summed E-state index contributed by atoms with van der Waals surface area (Å²) in [6.07, 6.45) is 5.24. The smallest absolute Gasteiger partial charge is 0.345 e. The van der Waals surface area contributed by atoms with Crippen molar-refractivity contribution < 1.29 is 29.6 Å². The molecule has 1 aliphatic heterocycles. The normalized spacial score (nSPS) is 24.4. The van der Waals surface area contributed by atoms with Gasteiger partial charge in [0, 0.05) is 18.8 Å². The third-order valence-electron chi connectivity index (χ3n) is 5.22. The number of hydrogen-bond donors (Lipinski definition) is 3. The maximum Gasteiger partial charge on any atom is 0.345 e. The minimum absolute atomic E-state index is 0.102. The molecule has 0 bridgehead atoms. The molecule has 0 aromatic heterocycles. The van der Waals surface area contributed by atoms with Crippen LogP contribution in [0.2, 0.25) is 0 Å². The number of cyclic esters (lactones) is 1. The van der Waals surface area contributed by atoms with Gasteiger partial charge in [-0.15, -0.1) is 0 Å². The van der Waals surface area contributed by atoms with E-state index in [9.17, 15) is 24.9 Å². The number of aliphatic hydroxyl groups is 3. The van der Waals surface area contributed by atoms with Crippen LogP contribution < -0.4 is 0 Å². The van der Waals surface area contributed by atoms with Gasteiger partial charge < -0.3 is 20.1 Å². The molecule has 0 aromatic rings. The number of allylic oxidation sites excluding steroid dienone is 2. The van der Waals surface area contributed by atoms with Crippen LogP contribution in [0.1, 0.15) is 59.8 Å². The van der Waals surface area contributed by atoms with Gasteiger partial charge >= 0.3 is 5.97 Å². The summed E-state index contributed by atoms with van der Waals surface area (Å²) in [5, 5.41) is 29.8. The zero-order valence-electron chi connectivity index (χ0n) is 16.9. The topological polar surface area (TPSA) is 104 Å². The summed E-state index contributed by atoms with van der Waals surface area (Å²) in [6.45, 7) is 7.51. The van der Waals surface area contributed by atoms with Gasteiger partial charge in [-0.2, -0.15) is 0 Å². The van der Waals surface area contributed by atoms with Crippen LogP contribution in [-0.2, 0) is 14.3 Å². The van der Waals surface area contributed by atoms with E-state index >= 15 is 0 Å². The average Bonchev–Trinajstić information content (AvgIpc) is 2.61. The standard InChI is InChI=1S/C21H34O6/c1-5-14(3)20(25)16(12-22)8-6-7-13(2)9-10-17(23)19-18(24)11-15(4)27-21(19)26/h6,8,13-16,20,22-23,25H,5,7,9-12H2,1-4H3/b8-6+,19-17?/t13-,14-,15+,16-,20+/m0/s1. The Morgan fingerprint density at radius 2 is 2.00 bits per heavy atom. The van der Waals surface area contributed by atoms with Gasteiger partial charge in [0.25, 0.3) is 0 Å². The van der Waals surface area contributed by atoms with E-state index in [0.29, 0.717) is 12.8 Å². The summed E-state index contributed by atoms with van der Waals surface area (Å²) in [6, 6.07) is 0. The molecule has 0 radical (unpaired) electrons. The summed E-state index contributed by atoms with van der Waals surface area (Å²) in [4.78, 5) is 23.8. The first-order valence-corrected chi connectivity index (χ1v) is 9.83. The fraction of sp³-hybridized carbons (Fsp3) is 0.714. The molecule has 0 amide bonds. The van der Waals surface area contributed by atoms with E-state index in [1.165, 1.54) is 0 Å². The van der Waals surface area contributed by atoms with Gasteiger partial charge in [0.1, 0.15) is 17.4 Å². The van der Waals surface area contributed by atoms with Crippen LogP contribution in [0.3, 0.4) is 0 Å². The molecule has 6 nitrogen and oxygen atoms in total. The van der Waals surface area contributed by atoms with Crippen LogP contribution in [0, 0.1) is 17.8 Å². The largest absolute Gasteiger partial charge is 0.511 e. The van der Waals surface area contributed by atoms with Crippen molar-refractivity contribution >= 4 is 11.8 Å². The van der Waals surface area contributed by atoms with Crippen molar-refractivity contribution in [2.45, 2.75) is 72.0 Å². The van der Waals surface area contributed by atoms with Gasteiger partial charge in [0.2, 0.25) is 0 Å². The van der Waals surface area contributed by atoms with E-state index < -0.39 is 18.2 Å². The molecule has 0 saturated carbocycles. The Kier molecular flexibility index (Phi) is 9.74. The minimum Gasteiger partial charge on any atom is -0.511 e. The number of carbonyl (C=O) groups is 2. The quantitative estimate of drug-likeness (QED) is 0.176. The highest BCUT2D eigenvalue weighted by Crippen LogP contribution is 2.23. The molecule has 3 N–H and O–H groups in total. The van der Waals surface area contributed by atoms with Crippen molar-refractivity contribution in [3.63, 3.8) is 0 Å². The first kappa shape index (κ1) is 23.4. The SMILES string of the molecule is CC[C@H](C)[C@@H](O)[C@@H](/C=C/C[C@H](C)CCC(O)=C1C(=O)C[C@@H](C)OC1=O)CO. The predicted molar refractivity (Wildman–Crippen MR) is 103 cm³/mol. The second-order valence-corrected chi connectivity index (χ2v) is 7.70. The van der Waals surface area contributed by atoms with Gasteiger partial charge in [-0.25, -0.2) is 4.79 Å². The third-order valence-corrected chi connectivity index (χ3v) is 5.22. The van der Waals surface area contributed by atoms with Crippen molar-refractivity contribution in [2.75, 3.05) is 6.61 Å². The molecule has 1 rings (SSSR count). The van der Waals surface area contributed by atoms with E-state index in [1.807, 2.05) is 32.9 Å². The Morgan fingerprint density at radius 3 is 2.56 bits per heavy atom. The van der Waals surface area contributed by atoms with Crippen molar-refractivity contribution in [1.29, 1.82) is 0 Å². The second kappa shape index (κ2) is 11.2. The molecule has 0 aliphatic carbocycles. The van der Waals surface area contributed by atoms with Gasteiger partial charge in [-0.3, -0.25) is 4.79 Å². The monoisotopic (exact) mass is 382 g/mol. The van der Waals surface area contributed by atoms with E-state index in [0.717, 1.165) is 6.42 Å². The lowest BCUT2D eigenvalue weighted by atomic mass is 9.89. The first-order valence-electron chi connectivity index (χ1n) is 9.83. The van der Waals surface area contributed by atoms with Crippen LogP contribution in [-0.4, -0.2) is 45.9 Å². The molecule has 1 heterocycles. The van der Waals surface area contributed by atoms with Crippen molar-refractivity contribution in [1.82, 2.24) is 0 Å². The van der Waals surface area contributed by atoms with Crippen LogP contribution >= 0.6 is 0 Å². The number of carbonyl (C=O) groups excluding carboxylic acids is 2.